The number of sulfonamides is 1. The highest BCUT2D eigenvalue weighted by molar-refractivity contribution is 7.92. The van der Waals surface area contributed by atoms with Crippen molar-refractivity contribution < 1.29 is 22.7 Å². The molecule has 1 amide bonds. The predicted octanol–water partition coefficient (Wildman–Crippen LogP) is 4.50. The van der Waals surface area contributed by atoms with Crippen molar-refractivity contribution in [3.05, 3.63) is 48.0 Å². The summed E-state index contributed by atoms with van der Waals surface area (Å²) < 4.78 is 39.9. The van der Waals surface area contributed by atoms with E-state index in [1.807, 2.05) is 19.1 Å². The van der Waals surface area contributed by atoms with E-state index in [0.29, 0.717) is 36.4 Å². The lowest BCUT2D eigenvalue weighted by atomic mass is 9.78. The quantitative estimate of drug-likeness (QED) is 0.618. The molecule has 35 heavy (non-hydrogen) atoms. The van der Waals surface area contributed by atoms with Gasteiger partial charge >= 0.3 is 0 Å². The number of methoxy groups -OCH3 is 2. The molecule has 8 heteroatoms. The van der Waals surface area contributed by atoms with Crippen molar-refractivity contribution >= 4 is 21.6 Å². The highest BCUT2D eigenvalue weighted by Crippen LogP contribution is 2.37. The molecule has 0 radical (unpaired) electrons. The Balaban J connectivity index is 1.80. The Morgan fingerprint density at radius 1 is 0.914 bits per heavy atom. The first-order valence-corrected chi connectivity index (χ1v) is 13.9. The molecule has 1 fully saturated rings. The number of amides is 1. The first-order chi connectivity index (χ1) is 16.8. The third-order valence-corrected chi connectivity index (χ3v) is 9.25. The lowest BCUT2D eigenvalue weighted by molar-refractivity contribution is -0.129. The van der Waals surface area contributed by atoms with Crippen LogP contribution in [0.4, 0.5) is 5.69 Å². The van der Waals surface area contributed by atoms with Crippen molar-refractivity contribution in [2.45, 2.75) is 50.3 Å². The molecule has 2 aromatic rings. The number of likely N-dealkylation sites (N-methyl/N-ethyl adjacent to an activating group) is 1. The van der Waals surface area contributed by atoms with E-state index in [1.54, 1.807) is 35.2 Å². The Hall–Kier alpha value is -2.74. The fraction of sp³-hybridized carbons (Fsp3) is 0.519. The average Bonchev–Trinajstić information content (AvgIpc) is 2.88. The Bertz CT molecular complexity index is 1120. The van der Waals surface area contributed by atoms with Crippen LogP contribution in [0.5, 0.6) is 11.5 Å². The fourth-order valence-corrected chi connectivity index (χ4v) is 6.71. The van der Waals surface area contributed by atoms with Crippen LogP contribution < -0.4 is 13.8 Å². The summed E-state index contributed by atoms with van der Waals surface area (Å²) in [6.45, 7) is 2.80. The molecule has 4 bridgehead atoms. The predicted molar refractivity (Wildman–Crippen MR) is 137 cm³/mol. The maximum Gasteiger partial charge on any atom is 0.264 e. The van der Waals surface area contributed by atoms with Gasteiger partial charge in [0.25, 0.3) is 10.0 Å². The molecule has 1 aliphatic carbocycles. The molecule has 1 saturated carbocycles. The van der Waals surface area contributed by atoms with Crippen molar-refractivity contribution in [1.82, 2.24) is 4.90 Å². The summed E-state index contributed by atoms with van der Waals surface area (Å²) in [5, 5.41) is 0. The standard InChI is InChI=1S/C27H36N2O5S/c1-4-28-16-15-20-5-7-21(8-6-20)17-22-9-12-24(13-10-22)35(31,32)29(19-27(28)30)25-18-23(33-2)11-14-26(25)34-3/h9-14,18,20-21H,4-8,15-17,19H2,1-3H3. The molecule has 0 unspecified atom stereocenters. The molecule has 0 aromatic heterocycles. The number of carbonyl (C=O) groups excluding carboxylic acids is 1. The van der Waals surface area contributed by atoms with E-state index in [0.717, 1.165) is 22.7 Å². The van der Waals surface area contributed by atoms with Crippen LogP contribution in [0.25, 0.3) is 0 Å². The van der Waals surface area contributed by atoms with Crippen LogP contribution in [-0.2, 0) is 21.2 Å². The maximum absolute atomic E-state index is 13.9. The molecule has 4 aliphatic rings. The summed E-state index contributed by atoms with van der Waals surface area (Å²) in [6.07, 6.45) is 6.68. The van der Waals surface area contributed by atoms with Gasteiger partial charge in [0.15, 0.2) is 0 Å². The molecule has 7 nitrogen and oxygen atoms in total. The van der Waals surface area contributed by atoms with Gasteiger partial charge in [-0.05, 0) is 74.3 Å². The summed E-state index contributed by atoms with van der Waals surface area (Å²) >= 11 is 0. The zero-order valence-corrected chi connectivity index (χ0v) is 21.7. The van der Waals surface area contributed by atoms with E-state index >= 15 is 0 Å². The Kier molecular flexibility index (Phi) is 7.89. The molecule has 0 spiro atoms. The van der Waals surface area contributed by atoms with Gasteiger partial charge in [-0.25, -0.2) is 8.42 Å². The minimum atomic E-state index is -4.05. The lowest BCUT2D eigenvalue weighted by Crippen LogP contribution is -2.44. The summed E-state index contributed by atoms with van der Waals surface area (Å²) in [4.78, 5) is 15.4. The summed E-state index contributed by atoms with van der Waals surface area (Å²) in [7, 11) is -1.04. The molecule has 2 aromatic carbocycles. The molecule has 6 rings (SSSR count). The van der Waals surface area contributed by atoms with Gasteiger partial charge in [0.1, 0.15) is 18.0 Å². The monoisotopic (exact) mass is 500 g/mol. The topological polar surface area (TPSA) is 76.2 Å². The number of nitrogens with zero attached hydrogens (tertiary/aromatic N) is 2. The third kappa shape index (κ3) is 5.58. The van der Waals surface area contributed by atoms with Crippen LogP contribution in [0, 0.1) is 11.8 Å². The van der Waals surface area contributed by atoms with E-state index in [-0.39, 0.29) is 23.0 Å². The normalized spacial score (nSPS) is 22.9. The van der Waals surface area contributed by atoms with E-state index in [1.165, 1.54) is 39.9 Å². The van der Waals surface area contributed by atoms with Crippen molar-refractivity contribution in [3.63, 3.8) is 0 Å². The average molecular weight is 501 g/mol. The summed E-state index contributed by atoms with van der Waals surface area (Å²) in [5.74, 6) is 1.85. The molecule has 0 N–H and O–H groups in total. The molecular weight excluding hydrogens is 464 g/mol. The molecule has 190 valence electrons. The van der Waals surface area contributed by atoms with Crippen LogP contribution in [0.2, 0.25) is 0 Å². The number of anilines is 1. The molecule has 0 atom stereocenters. The van der Waals surface area contributed by atoms with Gasteiger partial charge < -0.3 is 14.4 Å². The Labute approximate surface area is 209 Å². The SMILES string of the molecule is CCN1CCC2CCC(CC2)Cc2ccc(cc2)S(=O)(=O)N(c2cc(OC)ccc2OC)CC1=O. The second-order valence-electron chi connectivity index (χ2n) is 9.55. The Morgan fingerprint density at radius 3 is 2.23 bits per heavy atom. The van der Waals surface area contributed by atoms with Gasteiger partial charge in [0.2, 0.25) is 5.91 Å². The first-order valence-electron chi connectivity index (χ1n) is 12.5. The zero-order chi connectivity index (χ0) is 25.0. The van der Waals surface area contributed by atoms with Crippen LogP contribution >= 0.6 is 0 Å². The Morgan fingerprint density at radius 2 is 1.60 bits per heavy atom. The van der Waals surface area contributed by atoms with Crippen molar-refractivity contribution in [3.8, 4) is 11.5 Å². The number of hydrogen-bond acceptors (Lipinski definition) is 5. The molecule has 3 heterocycles. The van der Waals surface area contributed by atoms with E-state index < -0.39 is 10.0 Å². The fourth-order valence-electron chi connectivity index (χ4n) is 5.29. The first kappa shape index (κ1) is 25.4. The van der Waals surface area contributed by atoms with Crippen molar-refractivity contribution in [1.29, 1.82) is 0 Å². The van der Waals surface area contributed by atoms with Gasteiger partial charge in [0, 0.05) is 19.2 Å². The minimum Gasteiger partial charge on any atom is -0.497 e. The van der Waals surface area contributed by atoms with Gasteiger partial charge in [-0.1, -0.05) is 25.0 Å². The maximum atomic E-state index is 13.9. The lowest BCUT2D eigenvalue weighted by Gasteiger charge is -2.32. The number of benzene rings is 2. The van der Waals surface area contributed by atoms with E-state index in [4.69, 9.17) is 9.47 Å². The summed E-state index contributed by atoms with van der Waals surface area (Å²) in [5.41, 5.74) is 1.43. The van der Waals surface area contributed by atoms with Gasteiger partial charge in [0.05, 0.1) is 24.8 Å². The van der Waals surface area contributed by atoms with Gasteiger partial charge in [-0.15, -0.1) is 0 Å². The summed E-state index contributed by atoms with van der Waals surface area (Å²) in [6, 6.07) is 12.1. The van der Waals surface area contributed by atoms with E-state index in [9.17, 15) is 13.2 Å². The van der Waals surface area contributed by atoms with Crippen LogP contribution in [-0.4, -0.2) is 53.1 Å². The van der Waals surface area contributed by atoms with Crippen LogP contribution in [0.15, 0.2) is 47.4 Å². The van der Waals surface area contributed by atoms with Gasteiger partial charge in [-0.2, -0.15) is 0 Å². The van der Waals surface area contributed by atoms with Crippen LogP contribution in [0.1, 0.15) is 44.6 Å². The van der Waals surface area contributed by atoms with Crippen molar-refractivity contribution in [2.75, 3.05) is 38.2 Å². The largest absolute Gasteiger partial charge is 0.497 e. The molecular formula is C27H36N2O5S. The number of rotatable bonds is 4. The van der Waals surface area contributed by atoms with Crippen LogP contribution in [0.3, 0.4) is 0 Å². The smallest absolute Gasteiger partial charge is 0.264 e. The number of fused-ring (bicyclic) bond motifs is 2. The van der Waals surface area contributed by atoms with E-state index in [2.05, 4.69) is 0 Å². The highest BCUT2D eigenvalue weighted by Gasteiger charge is 2.32. The molecule has 0 saturated heterocycles. The molecule has 3 aliphatic heterocycles. The second-order valence-corrected chi connectivity index (χ2v) is 11.4. The minimum absolute atomic E-state index is 0.151. The van der Waals surface area contributed by atoms with Crippen molar-refractivity contribution in [2.24, 2.45) is 11.8 Å². The number of hydrogen-bond donors (Lipinski definition) is 0. The zero-order valence-electron chi connectivity index (χ0n) is 20.9. The third-order valence-electron chi connectivity index (χ3n) is 7.48. The second kappa shape index (κ2) is 10.9. The van der Waals surface area contributed by atoms with Gasteiger partial charge in [-0.3, -0.25) is 9.10 Å². The highest BCUT2D eigenvalue weighted by atomic mass is 32.2. The number of ether oxygens (including phenoxy) is 2. The number of carbonyl (C=O) groups is 1.